The van der Waals surface area contributed by atoms with Crippen molar-refractivity contribution >= 4 is 5.91 Å². The molecule has 0 spiro atoms. The molecular weight excluding hydrogens is 406 g/mol. The molecule has 5 rings (SSSR count). The third-order valence-electron chi connectivity index (χ3n) is 6.91. The van der Waals surface area contributed by atoms with Gasteiger partial charge in [-0.05, 0) is 72.3 Å². The largest absolute Gasteiger partial charge is 0.348 e. The zero-order valence-electron chi connectivity index (χ0n) is 19.3. The van der Waals surface area contributed by atoms with Crippen molar-refractivity contribution in [3.63, 3.8) is 0 Å². The summed E-state index contributed by atoms with van der Waals surface area (Å²) in [7, 11) is 0. The molecule has 2 heterocycles. The molecular formula is C29H33N3O. The zero-order valence-corrected chi connectivity index (χ0v) is 19.3. The molecule has 1 amide bonds. The number of carbonyl (C=O) groups excluding carboxylic acids is 1. The van der Waals surface area contributed by atoms with Gasteiger partial charge in [-0.25, -0.2) is 0 Å². The van der Waals surface area contributed by atoms with Crippen molar-refractivity contribution < 1.29 is 4.79 Å². The molecule has 0 atom stereocenters. The van der Waals surface area contributed by atoms with E-state index in [1.165, 1.54) is 48.2 Å². The van der Waals surface area contributed by atoms with Gasteiger partial charge in [-0.2, -0.15) is 0 Å². The topological polar surface area (TPSA) is 35.6 Å². The molecule has 1 fully saturated rings. The lowest BCUT2D eigenvalue weighted by Gasteiger charge is -2.28. The Bertz CT molecular complexity index is 1070. The third-order valence-corrected chi connectivity index (χ3v) is 6.91. The van der Waals surface area contributed by atoms with Gasteiger partial charge < -0.3 is 5.32 Å². The molecule has 33 heavy (non-hydrogen) atoms. The molecule has 2 aliphatic rings. The average molecular weight is 440 g/mol. The number of nitrogens with zero attached hydrogens (tertiary/aromatic N) is 2. The number of hydrogen-bond acceptors (Lipinski definition) is 3. The van der Waals surface area contributed by atoms with E-state index in [4.69, 9.17) is 0 Å². The second-order valence-corrected chi connectivity index (χ2v) is 9.41. The molecule has 1 saturated heterocycles. The van der Waals surface area contributed by atoms with Crippen LogP contribution in [0.4, 0.5) is 0 Å². The highest BCUT2D eigenvalue weighted by atomic mass is 16.1. The average Bonchev–Trinajstić information content (AvgIpc) is 3.37. The van der Waals surface area contributed by atoms with Crippen molar-refractivity contribution in [1.82, 2.24) is 15.1 Å². The third kappa shape index (κ3) is 5.70. The first-order valence-electron chi connectivity index (χ1n) is 12.2. The number of likely N-dealkylation sites (tertiary alicyclic amines) is 1. The van der Waals surface area contributed by atoms with Gasteiger partial charge in [0.25, 0.3) is 5.91 Å². The van der Waals surface area contributed by atoms with Gasteiger partial charge in [0.15, 0.2) is 0 Å². The summed E-state index contributed by atoms with van der Waals surface area (Å²) < 4.78 is 0. The first kappa shape index (κ1) is 21.9. The Labute approximate surface area is 197 Å². The van der Waals surface area contributed by atoms with Crippen molar-refractivity contribution in [1.29, 1.82) is 0 Å². The highest BCUT2D eigenvalue weighted by Crippen LogP contribution is 2.20. The fraction of sp³-hybridized carbons (Fsp3) is 0.345. The maximum atomic E-state index is 12.6. The van der Waals surface area contributed by atoms with E-state index in [-0.39, 0.29) is 5.91 Å². The van der Waals surface area contributed by atoms with E-state index in [9.17, 15) is 4.79 Å². The molecule has 0 unspecified atom stereocenters. The Hall–Kier alpha value is -2.95. The van der Waals surface area contributed by atoms with Gasteiger partial charge in [0.2, 0.25) is 0 Å². The maximum Gasteiger partial charge on any atom is 0.251 e. The number of amides is 1. The van der Waals surface area contributed by atoms with Gasteiger partial charge in [-0.1, -0.05) is 60.7 Å². The van der Waals surface area contributed by atoms with Crippen LogP contribution in [0.3, 0.4) is 0 Å². The van der Waals surface area contributed by atoms with Gasteiger partial charge in [0.05, 0.1) is 0 Å². The summed E-state index contributed by atoms with van der Waals surface area (Å²) in [4.78, 5) is 17.6. The molecule has 4 heteroatoms. The molecule has 0 bridgehead atoms. The summed E-state index contributed by atoms with van der Waals surface area (Å²) in [6, 6.07) is 25.4. The number of benzene rings is 3. The van der Waals surface area contributed by atoms with Crippen molar-refractivity contribution in [2.24, 2.45) is 0 Å². The standard InChI is InChI=1S/C29H33N3O/c33-29(30-19-23-7-9-24(10-8-23)20-31-16-3-4-17-31)27-13-11-25(12-14-27)21-32-18-15-26-5-1-2-6-28(26)22-32/h1-2,5-14H,3-4,15-22H2,(H,30,33). The molecule has 170 valence electrons. The fourth-order valence-electron chi connectivity index (χ4n) is 4.95. The number of hydrogen-bond donors (Lipinski definition) is 1. The Morgan fingerprint density at radius 1 is 0.697 bits per heavy atom. The zero-order chi connectivity index (χ0) is 22.5. The van der Waals surface area contributed by atoms with Crippen LogP contribution in [0.5, 0.6) is 0 Å². The molecule has 0 aliphatic carbocycles. The predicted octanol–water partition coefficient (Wildman–Crippen LogP) is 4.77. The maximum absolute atomic E-state index is 12.6. The Morgan fingerprint density at radius 2 is 1.30 bits per heavy atom. The lowest BCUT2D eigenvalue weighted by Crippen LogP contribution is -2.30. The molecule has 2 aliphatic heterocycles. The van der Waals surface area contributed by atoms with E-state index in [0.29, 0.717) is 12.1 Å². The van der Waals surface area contributed by atoms with Crippen LogP contribution in [0.15, 0.2) is 72.8 Å². The van der Waals surface area contributed by atoms with Crippen molar-refractivity contribution in [2.45, 2.75) is 45.4 Å². The minimum absolute atomic E-state index is 0.0189. The van der Waals surface area contributed by atoms with E-state index in [2.05, 4.69) is 75.8 Å². The minimum atomic E-state index is -0.0189. The Kier molecular flexibility index (Phi) is 6.84. The summed E-state index contributed by atoms with van der Waals surface area (Å²) in [5.74, 6) is -0.0189. The number of carbonyl (C=O) groups is 1. The summed E-state index contributed by atoms with van der Waals surface area (Å²) in [6.07, 6.45) is 3.74. The summed E-state index contributed by atoms with van der Waals surface area (Å²) in [5.41, 5.74) is 7.36. The first-order chi connectivity index (χ1) is 16.2. The van der Waals surface area contributed by atoms with E-state index in [1.54, 1.807) is 0 Å². The lowest BCUT2D eigenvalue weighted by atomic mass is 9.99. The molecule has 3 aromatic carbocycles. The van der Waals surface area contributed by atoms with Crippen LogP contribution in [-0.2, 0) is 32.6 Å². The van der Waals surface area contributed by atoms with E-state index in [0.717, 1.165) is 38.2 Å². The minimum Gasteiger partial charge on any atom is -0.348 e. The van der Waals surface area contributed by atoms with Crippen LogP contribution in [0.2, 0.25) is 0 Å². The quantitative estimate of drug-likeness (QED) is 0.576. The number of nitrogens with one attached hydrogen (secondary N) is 1. The van der Waals surface area contributed by atoms with Crippen molar-refractivity contribution in [3.8, 4) is 0 Å². The number of fused-ring (bicyclic) bond motifs is 1. The summed E-state index contributed by atoms with van der Waals surface area (Å²) >= 11 is 0. The van der Waals surface area contributed by atoms with E-state index in [1.807, 2.05) is 12.1 Å². The number of rotatable bonds is 7. The van der Waals surface area contributed by atoms with Gasteiger partial charge in [-0.15, -0.1) is 0 Å². The molecule has 0 saturated carbocycles. The van der Waals surface area contributed by atoms with Gasteiger partial charge in [0, 0.05) is 38.3 Å². The van der Waals surface area contributed by atoms with Gasteiger partial charge >= 0.3 is 0 Å². The second-order valence-electron chi connectivity index (χ2n) is 9.41. The SMILES string of the molecule is O=C(NCc1ccc(CN2CCCC2)cc1)c1ccc(CN2CCc3ccccc3C2)cc1. The second kappa shape index (κ2) is 10.3. The Balaban J connectivity index is 1.10. The van der Waals surface area contributed by atoms with Crippen LogP contribution in [-0.4, -0.2) is 35.3 Å². The monoisotopic (exact) mass is 439 g/mol. The predicted molar refractivity (Wildman–Crippen MR) is 133 cm³/mol. The molecule has 0 aromatic heterocycles. The van der Waals surface area contributed by atoms with Gasteiger partial charge in [0.1, 0.15) is 0 Å². The summed E-state index contributed by atoms with van der Waals surface area (Å²) in [6.45, 7) is 7.00. The first-order valence-corrected chi connectivity index (χ1v) is 12.2. The Morgan fingerprint density at radius 3 is 2.03 bits per heavy atom. The van der Waals surface area contributed by atoms with Crippen molar-refractivity contribution in [3.05, 3.63) is 106 Å². The molecule has 1 N–H and O–H groups in total. The lowest BCUT2D eigenvalue weighted by molar-refractivity contribution is 0.0951. The highest BCUT2D eigenvalue weighted by molar-refractivity contribution is 5.94. The van der Waals surface area contributed by atoms with Crippen molar-refractivity contribution in [2.75, 3.05) is 19.6 Å². The molecule has 3 aromatic rings. The summed E-state index contributed by atoms with van der Waals surface area (Å²) in [5, 5.41) is 3.06. The smallest absolute Gasteiger partial charge is 0.251 e. The van der Waals surface area contributed by atoms with Crippen LogP contribution in [0, 0.1) is 0 Å². The fourth-order valence-corrected chi connectivity index (χ4v) is 4.95. The molecule has 0 radical (unpaired) electrons. The van der Waals surface area contributed by atoms with E-state index < -0.39 is 0 Å². The van der Waals surface area contributed by atoms with Crippen LogP contribution in [0.25, 0.3) is 0 Å². The van der Waals surface area contributed by atoms with E-state index >= 15 is 0 Å². The molecule has 4 nitrogen and oxygen atoms in total. The van der Waals surface area contributed by atoms with Crippen LogP contribution < -0.4 is 5.32 Å². The normalized spacial score (nSPS) is 16.5. The van der Waals surface area contributed by atoms with Gasteiger partial charge in [-0.3, -0.25) is 14.6 Å². The van der Waals surface area contributed by atoms with Crippen LogP contribution in [0.1, 0.15) is 51.0 Å². The highest BCUT2D eigenvalue weighted by Gasteiger charge is 2.16. The van der Waals surface area contributed by atoms with Crippen LogP contribution >= 0.6 is 0 Å².